The number of hydrogen-bond acceptors (Lipinski definition) is 10. The van der Waals surface area contributed by atoms with Crippen LogP contribution < -0.4 is 0 Å². The molecule has 0 saturated carbocycles. The predicted molar refractivity (Wildman–Crippen MR) is 116 cm³/mol. The first-order valence-corrected chi connectivity index (χ1v) is 11.1. The molecule has 1 aliphatic rings. The van der Waals surface area contributed by atoms with Gasteiger partial charge in [0.15, 0.2) is 11.5 Å². The summed E-state index contributed by atoms with van der Waals surface area (Å²) < 4.78 is 15.3. The molecule has 1 saturated heterocycles. The van der Waals surface area contributed by atoms with Gasteiger partial charge in [-0.2, -0.15) is 0 Å². The van der Waals surface area contributed by atoms with Gasteiger partial charge in [0.25, 0.3) is 0 Å². The van der Waals surface area contributed by atoms with E-state index in [-0.39, 0.29) is 18.2 Å². The van der Waals surface area contributed by atoms with Crippen LogP contribution in [0.15, 0.2) is 38.6 Å². The Hall–Kier alpha value is -3.31. The van der Waals surface area contributed by atoms with Gasteiger partial charge in [-0.25, -0.2) is 9.78 Å². The van der Waals surface area contributed by atoms with Crippen molar-refractivity contribution in [2.75, 3.05) is 26.2 Å². The van der Waals surface area contributed by atoms with Crippen LogP contribution in [0.1, 0.15) is 46.9 Å². The van der Waals surface area contributed by atoms with Crippen LogP contribution in [-0.4, -0.2) is 52.2 Å². The fourth-order valence-electron chi connectivity index (χ4n) is 3.50. The molecule has 11 heteroatoms. The monoisotopic (exact) mass is 458 g/mol. The molecule has 1 aliphatic heterocycles. The van der Waals surface area contributed by atoms with E-state index in [1.807, 2.05) is 11.5 Å². The molecule has 1 fully saturated rings. The van der Waals surface area contributed by atoms with E-state index < -0.39 is 10.9 Å². The van der Waals surface area contributed by atoms with Crippen molar-refractivity contribution in [3.05, 3.63) is 56.2 Å². The van der Waals surface area contributed by atoms with Crippen LogP contribution >= 0.6 is 11.3 Å². The summed E-state index contributed by atoms with van der Waals surface area (Å²) in [6.07, 6.45) is 5.68. The Morgan fingerprint density at radius 1 is 1.41 bits per heavy atom. The molecule has 10 nitrogen and oxygen atoms in total. The van der Waals surface area contributed by atoms with Gasteiger partial charge < -0.3 is 13.7 Å². The van der Waals surface area contributed by atoms with Crippen LogP contribution in [0.3, 0.4) is 0 Å². The number of carbonyl (C=O) groups is 1. The van der Waals surface area contributed by atoms with Crippen molar-refractivity contribution in [1.29, 1.82) is 0 Å². The van der Waals surface area contributed by atoms with Crippen molar-refractivity contribution in [3.63, 3.8) is 0 Å². The maximum absolute atomic E-state index is 11.8. The Kier molecular flexibility index (Phi) is 6.76. The highest BCUT2D eigenvalue weighted by Crippen LogP contribution is 2.33. The van der Waals surface area contributed by atoms with Gasteiger partial charge in [0, 0.05) is 23.9 Å². The SMILES string of the molecule is CCOC(=O)c1cc(-c2csc(C3CCN(CC=Cc4ccc([N+](=O)[O-])o4)CC3)n2)on1. The fraction of sp³-hybridized carbons (Fsp3) is 0.381. The second kappa shape index (κ2) is 9.88. The summed E-state index contributed by atoms with van der Waals surface area (Å²) in [6, 6.07) is 4.49. The number of nitro groups is 1. The van der Waals surface area contributed by atoms with Gasteiger partial charge in [0.05, 0.1) is 17.7 Å². The van der Waals surface area contributed by atoms with E-state index in [9.17, 15) is 14.9 Å². The third-order valence-electron chi connectivity index (χ3n) is 5.14. The van der Waals surface area contributed by atoms with Gasteiger partial charge in [0.2, 0.25) is 0 Å². The molecule has 3 aromatic rings. The number of nitrogens with zero attached hydrogens (tertiary/aromatic N) is 4. The number of likely N-dealkylation sites (tertiary alicyclic amines) is 1. The Morgan fingerprint density at radius 2 is 2.22 bits per heavy atom. The molecule has 0 bridgehead atoms. The lowest BCUT2D eigenvalue weighted by molar-refractivity contribution is -0.402. The number of ether oxygens (including phenoxy) is 1. The normalized spacial score (nSPS) is 15.4. The highest BCUT2D eigenvalue weighted by molar-refractivity contribution is 7.10. The maximum Gasteiger partial charge on any atom is 0.433 e. The summed E-state index contributed by atoms with van der Waals surface area (Å²) in [4.78, 5) is 28.9. The second-order valence-electron chi connectivity index (χ2n) is 7.28. The molecule has 0 aliphatic carbocycles. The molecule has 4 rings (SSSR count). The van der Waals surface area contributed by atoms with E-state index in [1.54, 1.807) is 36.5 Å². The zero-order valence-electron chi connectivity index (χ0n) is 17.4. The molecule has 0 unspecified atom stereocenters. The van der Waals surface area contributed by atoms with Crippen LogP contribution in [0, 0.1) is 10.1 Å². The zero-order valence-corrected chi connectivity index (χ0v) is 18.2. The average Bonchev–Trinajstić information content (AvgIpc) is 3.54. The molecule has 0 amide bonds. The van der Waals surface area contributed by atoms with E-state index in [4.69, 9.17) is 18.7 Å². The highest BCUT2D eigenvalue weighted by Gasteiger charge is 2.24. The molecule has 168 valence electrons. The van der Waals surface area contributed by atoms with Gasteiger partial charge in [-0.05, 0) is 45.0 Å². The van der Waals surface area contributed by atoms with Crippen molar-refractivity contribution in [3.8, 4) is 11.5 Å². The predicted octanol–water partition coefficient (Wildman–Crippen LogP) is 4.37. The largest absolute Gasteiger partial charge is 0.461 e. The van der Waals surface area contributed by atoms with Gasteiger partial charge in [0.1, 0.15) is 16.4 Å². The average molecular weight is 458 g/mol. The standard InChI is InChI=1S/C21H22N4O6S/c1-2-29-21(26)16-12-18(31-23-16)17-13-32-20(22-17)14-7-10-24(11-8-14)9-3-4-15-5-6-19(30-15)25(27)28/h3-6,12-14H,2,7-11H2,1H3. The molecule has 0 radical (unpaired) electrons. The highest BCUT2D eigenvalue weighted by atomic mass is 32.1. The van der Waals surface area contributed by atoms with Crippen molar-refractivity contribution in [2.24, 2.45) is 0 Å². The first-order chi connectivity index (χ1) is 15.5. The van der Waals surface area contributed by atoms with E-state index in [0.717, 1.165) is 37.5 Å². The van der Waals surface area contributed by atoms with E-state index in [0.29, 0.717) is 23.1 Å². The number of hydrogen-bond donors (Lipinski definition) is 0. The van der Waals surface area contributed by atoms with Gasteiger partial charge in [-0.3, -0.25) is 15.0 Å². The van der Waals surface area contributed by atoms with Gasteiger partial charge in [-0.1, -0.05) is 11.2 Å². The zero-order chi connectivity index (χ0) is 22.5. The van der Waals surface area contributed by atoms with Crippen LogP contribution in [0.2, 0.25) is 0 Å². The van der Waals surface area contributed by atoms with E-state index >= 15 is 0 Å². The molecular formula is C21H22N4O6S. The number of furan rings is 1. The van der Waals surface area contributed by atoms with Gasteiger partial charge in [-0.15, -0.1) is 11.3 Å². The molecule has 0 spiro atoms. The minimum Gasteiger partial charge on any atom is -0.461 e. The summed E-state index contributed by atoms with van der Waals surface area (Å²) in [7, 11) is 0. The molecule has 0 aromatic carbocycles. The summed E-state index contributed by atoms with van der Waals surface area (Å²) >= 11 is 1.58. The second-order valence-corrected chi connectivity index (χ2v) is 8.17. The van der Waals surface area contributed by atoms with Crippen LogP contribution in [0.5, 0.6) is 0 Å². The third-order valence-corrected chi connectivity index (χ3v) is 6.15. The molecular weight excluding hydrogens is 436 g/mol. The lowest BCUT2D eigenvalue weighted by atomic mass is 9.97. The van der Waals surface area contributed by atoms with Crippen molar-refractivity contribution < 1.29 is 23.4 Å². The number of aromatic nitrogens is 2. The minimum atomic E-state index is -0.548. The van der Waals surface area contributed by atoms with E-state index in [2.05, 4.69) is 10.1 Å². The Morgan fingerprint density at radius 3 is 2.94 bits per heavy atom. The first kappa shape index (κ1) is 21.9. The Bertz CT molecular complexity index is 1110. The first-order valence-electron chi connectivity index (χ1n) is 10.3. The summed E-state index contributed by atoms with van der Waals surface area (Å²) in [5.74, 6) is 0.534. The molecule has 3 aromatic heterocycles. The number of thiazole rings is 1. The maximum atomic E-state index is 11.8. The lowest BCUT2D eigenvalue weighted by Gasteiger charge is -2.30. The molecule has 4 heterocycles. The van der Waals surface area contributed by atoms with Crippen molar-refractivity contribution in [1.82, 2.24) is 15.0 Å². The van der Waals surface area contributed by atoms with E-state index in [1.165, 1.54) is 6.07 Å². The summed E-state index contributed by atoms with van der Waals surface area (Å²) in [5.41, 5.74) is 0.813. The third kappa shape index (κ3) is 5.11. The molecule has 0 atom stereocenters. The molecule has 32 heavy (non-hydrogen) atoms. The summed E-state index contributed by atoms with van der Waals surface area (Å²) in [6.45, 7) is 4.62. The van der Waals surface area contributed by atoms with Crippen LogP contribution in [0.4, 0.5) is 5.88 Å². The Balaban J connectivity index is 1.28. The number of rotatable bonds is 8. The van der Waals surface area contributed by atoms with Crippen molar-refractivity contribution >= 4 is 29.3 Å². The fourth-order valence-corrected chi connectivity index (χ4v) is 4.48. The van der Waals surface area contributed by atoms with Crippen LogP contribution in [0.25, 0.3) is 17.5 Å². The summed E-state index contributed by atoms with van der Waals surface area (Å²) in [5, 5.41) is 17.4. The number of piperidine rings is 1. The lowest BCUT2D eigenvalue weighted by Crippen LogP contribution is -2.32. The number of esters is 1. The quantitative estimate of drug-likeness (QED) is 0.275. The number of carbonyl (C=O) groups excluding carboxylic acids is 1. The minimum absolute atomic E-state index is 0.141. The van der Waals surface area contributed by atoms with Crippen LogP contribution in [-0.2, 0) is 4.74 Å². The smallest absolute Gasteiger partial charge is 0.433 e. The topological polar surface area (TPSA) is 125 Å². The molecule has 0 N–H and O–H groups in total. The Labute approximate surface area is 187 Å². The van der Waals surface area contributed by atoms with Crippen molar-refractivity contribution in [2.45, 2.75) is 25.7 Å². The van der Waals surface area contributed by atoms with Gasteiger partial charge >= 0.3 is 11.9 Å².